The first-order valence-corrected chi connectivity index (χ1v) is 6.29. The number of ketones is 1. The van der Waals surface area contributed by atoms with Gasteiger partial charge in [-0.1, -0.05) is 13.8 Å². The Hall–Kier alpha value is -1.39. The molecule has 2 rings (SSSR count). The zero-order valence-electron chi connectivity index (χ0n) is 10.7. The van der Waals surface area contributed by atoms with Gasteiger partial charge in [-0.3, -0.25) is 4.79 Å². The lowest BCUT2D eigenvalue weighted by molar-refractivity contribution is 0.0922. The molecule has 0 radical (unpaired) electrons. The minimum absolute atomic E-state index is 0.0552. The quantitative estimate of drug-likeness (QED) is 0.757. The van der Waals surface area contributed by atoms with Crippen molar-refractivity contribution in [2.24, 2.45) is 0 Å². The molecule has 4 nitrogen and oxygen atoms in total. The summed E-state index contributed by atoms with van der Waals surface area (Å²) in [4.78, 5) is 12.3. The molecule has 1 aromatic rings. The molecule has 1 aliphatic carbocycles. The normalized spacial score (nSPS) is 19.1. The van der Waals surface area contributed by atoms with Gasteiger partial charge in [-0.25, -0.2) is 0 Å². The van der Waals surface area contributed by atoms with Crippen molar-refractivity contribution in [3.63, 3.8) is 0 Å². The second kappa shape index (κ2) is 5.08. The van der Waals surface area contributed by atoms with Crippen LogP contribution < -0.4 is 5.32 Å². The van der Waals surface area contributed by atoms with E-state index in [1.807, 2.05) is 13.8 Å². The Kier molecular flexibility index (Phi) is 3.68. The molecule has 1 aliphatic rings. The van der Waals surface area contributed by atoms with E-state index in [0.29, 0.717) is 24.0 Å². The molecule has 0 saturated heterocycles. The molecular weight excluding hydrogens is 230 g/mol. The zero-order valence-corrected chi connectivity index (χ0v) is 10.7. The number of Topliss-reactive ketones (excluding diaryl/α,β-unsaturated/α-hetero) is 1. The van der Waals surface area contributed by atoms with Gasteiger partial charge >= 0.3 is 0 Å². The third kappa shape index (κ3) is 2.26. The summed E-state index contributed by atoms with van der Waals surface area (Å²) >= 11 is 0. The second-order valence-corrected chi connectivity index (χ2v) is 5.02. The first kappa shape index (κ1) is 13.1. The molecule has 0 aromatic heterocycles. The molecule has 18 heavy (non-hydrogen) atoms. The van der Waals surface area contributed by atoms with Gasteiger partial charge in [0.1, 0.15) is 5.75 Å². The zero-order chi connectivity index (χ0) is 13.3. The van der Waals surface area contributed by atoms with Crippen LogP contribution in [-0.4, -0.2) is 28.1 Å². The topological polar surface area (TPSA) is 69.6 Å². The van der Waals surface area contributed by atoms with E-state index >= 15 is 0 Å². The molecule has 1 atom stereocenters. The van der Waals surface area contributed by atoms with Crippen molar-refractivity contribution in [2.45, 2.75) is 45.4 Å². The fourth-order valence-corrected chi connectivity index (χ4v) is 2.54. The summed E-state index contributed by atoms with van der Waals surface area (Å²) in [5, 5.41) is 22.2. The van der Waals surface area contributed by atoms with E-state index in [2.05, 4.69) is 5.32 Å². The number of carbonyl (C=O) groups excluding carboxylic acids is 1. The lowest BCUT2D eigenvalue weighted by Gasteiger charge is -2.27. The maximum absolute atomic E-state index is 12.3. The molecular formula is C14H19NO3. The molecule has 0 amide bonds. The highest BCUT2D eigenvalue weighted by molar-refractivity contribution is 6.02. The summed E-state index contributed by atoms with van der Waals surface area (Å²) in [6.45, 7) is 3.79. The van der Waals surface area contributed by atoms with Crippen LogP contribution in [0.25, 0.3) is 0 Å². The van der Waals surface area contributed by atoms with Crippen LogP contribution in [0.3, 0.4) is 0 Å². The van der Waals surface area contributed by atoms with E-state index in [4.69, 9.17) is 0 Å². The summed E-state index contributed by atoms with van der Waals surface area (Å²) in [6.07, 6.45) is 1.41. The average Bonchev–Trinajstić information content (AvgIpc) is 2.32. The van der Waals surface area contributed by atoms with Crippen molar-refractivity contribution < 1.29 is 15.0 Å². The number of aromatic hydroxyl groups is 1. The first-order valence-electron chi connectivity index (χ1n) is 6.29. The summed E-state index contributed by atoms with van der Waals surface area (Å²) in [7, 11) is 0. The maximum atomic E-state index is 12.3. The number of phenols is 1. The highest BCUT2D eigenvalue weighted by atomic mass is 16.3. The maximum Gasteiger partial charge on any atom is 0.180 e. The Bertz CT molecular complexity index is 468. The predicted octanol–water partition coefficient (Wildman–Crippen LogP) is 1.38. The molecule has 1 unspecified atom stereocenters. The molecule has 98 valence electrons. The lowest BCUT2D eigenvalue weighted by Crippen LogP contribution is -2.43. The highest BCUT2D eigenvalue weighted by Gasteiger charge is 2.29. The number of aliphatic hydroxyl groups is 1. The van der Waals surface area contributed by atoms with Crippen molar-refractivity contribution in [3.8, 4) is 5.75 Å². The van der Waals surface area contributed by atoms with Crippen molar-refractivity contribution in [1.82, 2.24) is 5.32 Å². The fourth-order valence-electron chi connectivity index (χ4n) is 2.54. The van der Waals surface area contributed by atoms with E-state index < -0.39 is 0 Å². The van der Waals surface area contributed by atoms with Gasteiger partial charge in [0.2, 0.25) is 0 Å². The minimum Gasteiger partial charge on any atom is -0.508 e. The molecule has 1 aromatic carbocycles. The number of hydrogen-bond acceptors (Lipinski definition) is 4. The molecule has 0 bridgehead atoms. The Morgan fingerprint density at radius 1 is 1.44 bits per heavy atom. The van der Waals surface area contributed by atoms with E-state index in [-0.39, 0.29) is 30.2 Å². The standard InChI is InChI=1S/C14H19NO3/c1-8(2)15-12-5-3-9-10(14(12)18)4-6-13(17)11(9)7-16/h4,6,8,12,15-17H,3,5,7H2,1-2H3. The number of fused-ring (bicyclic) bond motifs is 1. The van der Waals surface area contributed by atoms with Crippen molar-refractivity contribution in [3.05, 3.63) is 28.8 Å². The third-order valence-electron chi connectivity index (χ3n) is 3.36. The highest BCUT2D eigenvalue weighted by Crippen LogP contribution is 2.30. The van der Waals surface area contributed by atoms with Gasteiger partial charge in [0.25, 0.3) is 0 Å². The van der Waals surface area contributed by atoms with Gasteiger partial charge in [-0.15, -0.1) is 0 Å². The van der Waals surface area contributed by atoms with E-state index in [9.17, 15) is 15.0 Å². The summed E-state index contributed by atoms with van der Waals surface area (Å²) in [5.41, 5.74) is 1.91. The van der Waals surface area contributed by atoms with Gasteiger partial charge in [0, 0.05) is 17.2 Å². The van der Waals surface area contributed by atoms with Crippen LogP contribution in [0.2, 0.25) is 0 Å². The monoisotopic (exact) mass is 249 g/mol. The average molecular weight is 249 g/mol. The lowest BCUT2D eigenvalue weighted by atomic mass is 9.84. The summed E-state index contributed by atoms with van der Waals surface area (Å²) in [6, 6.07) is 3.24. The number of aliphatic hydroxyl groups excluding tert-OH is 1. The van der Waals surface area contributed by atoms with E-state index in [1.165, 1.54) is 6.07 Å². The summed E-state index contributed by atoms with van der Waals surface area (Å²) < 4.78 is 0. The molecule has 3 N–H and O–H groups in total. The van der Waals surface area contributed by atoms with Crippen LogP contribution in [0, 0.1) is 0 Å². The first-order chi connectivity index (χ1) is 8.54. The van der Waals surface area contributed by atoms with Crippen LogP contribution in [0.15, 0.2) is 12.1 Å². The van der Waals surface area contributed by atoms with Gasteiger partial charge < -0.3 is 15.5 Å². The van der Waals surface area contributed by atoms with Crippen LogP contribution in [0.4, 0.5) is 0 Å². The Balaban J connectivity index is 2.36. The third-order valence-corrected chi connectivity index (χ3v) is 3.36. The van der Waals surface area contributed by atoms with E-state index in [1.54, 1.807) is 6.07 Å². The van der Waals surface area contributed by atoms with E-state index in [0.717, 1.165) is 5.56 Å². The predicted molar refractivity (Wildman–Crippen MR) is 68.7 cm³/mol. The molecule has 0 aliphatic heterocycles. The van der Waals surface area contributed by atoms with Crippen molar-refractivity contribution >= 4 is 5.78 Å². The van der Waals surface area contributed by atoms with Crippen LogP contribution in [-0.2, 0) is 13.0 Å². The number of rotatable bonds is 3. The fraction of sp³-hybridized carbons (Fsp3) is 0.500. The molecule has 0 fully saturated rings. The molecule has 0 saturated carbocycles. The molecule has 0 heterocycles. The van der Waals surface area contributed by atoms with Crippen molar-refractivity contribution in [1.29, 1.82) is 0 Å². The van der Waals surface area contributed by atoms with Crippen LogP contribution in [0.1, 0.15) is 41.8 Å². The van der Waals surface area contributed by atoms with Gasteiger partial charge in [-0.2, -0.15) is 0 Å². The van der Waals surface area contributed by atoms with Gasteiger partial charge in [0.05, 0.1) is 12.6 Å². The smallest absolute Gasteiger partial charge is 0.180 e. The SMILES string of the molecule is CC(C)NC1CCc2c(ccc(O)c2CO)C1=O. The largest absolute Gasteiger partial charge is 0.508 e. The second-order valence-electron chi connectivity index (χ2n) is 5.02. The van der Waals surface area contributed by atoms with Crippen LogP contribution in [0.5, 0.6) is 5.75 Å². The number of carbonyl (C=O) groups is 1. The Morgan fingerprint density at radius 2 is 2.17 bits per heavy atom. The summed E-state index contributed by atoms with van der Waals surface area (Å²) in [5.74, 6) is 0.124. The number of hydrogen-bond donors (Lipinski definition) is 3. The van der Waals surface area contributed by atoms with Gasteiger partial charge in [0.15, 0.2) is 5.78 Å². The van der Waals surface area contributed by atoms with Gasteiger partial charge in [-0.05, 0) is 30.5 Å². The molecule has 0 spiro atoms. The number of nitrogens with one attached hydrogen (secondary N) is 1. The van der Waals surface area contributed by atoms with Crippen molar-refractivity contribution in [2.75, 3.05) is 0 Å². The number of benzene rings is 1. The van der Waals surface area contributed by atoms with Crippen LogP contribution >= 0.6 is 0 Å². The minimum atomic E-state index is -0.232. The molecule has 4 heteroatoms. The Morgan fingerprint density at radius 3 is 2.78 bits per heavy atom. The Labute approximate surface area is 107 Å².